The van der Waals surface area contributed by atoms with Crippen LogP contribution in [-0.4, -0.2) is 21.1 Å². The van der Waals surface area contributed by atoms with Gasteiger partial charge in [-0.05, 0) is 18.9 Å². The van der Waals surface area contributed by atoms with E-state index in [2.05, 4.69) is 20.5 Å². The van der Waals surface area contributed by atoms with E-state index in [0.29, 0.717) is 16.1 Å². The highest BCUT2D eigenvalue weighted by atomic mass is 35.5. The molecule has 1 aliphatic carbocycles. The van der Waals surface area contributed by atoms with E-state index < -0.39 is 0 Å². The number of rotatable bonds is 5. The molecule has 5 nitrogen and oxygen atoms in total. The quantitative estimate of drug-likeness (QED) is 0.717. The Morgan fingerprint density at radius 3 is 2.92 bits per heavy atom. The number of halogens is 1. The minimum absolute atomic E-state index is 0.135. The smallest absolute Gasteiger partial charge is 0.232 e. The average Bonchev–Trinajstić information content (AvgIpc) is 3.15. The maximum atomic E-state index is 12.2. The number of anilines is 1. The van der Waals surface area contributed by atoms with E-state index in [9.17, 15) is 4.79 Å². The molecule has 0 aliphatic heterocycles. The van der Waals surface area contributed by atoms with Gasteiger partial charge in [-0.1, -0.05) is 41.1 Å². The van der Waals surface area contributed by atoms with Crippen molar-refractivity contribution in [2.45, 2.75) is 25.2 Å². The fourth-order valence-corrected chi connectivity index (χ4v) is 4.32. The summed E-state index contributed by atoms with van der Waals surface area (Å²) in [6.45, 7) is 0. The van der Waals surface area contributed by atoms with Crippen LogP contribution in [0.25, 0.3) is 10.6 Å². The molecule has 3 aromatic rings. The van der Waals surface area contributed by atoms with Crippen molar-refractivity contribution in [1.29, 1.82) is 0 Å². The summed E-state index contributed by atoms with van der Waals surface area (Å²) in [4.78, 5) is 16.7. The number of amides is 1. The SMILES string of the molecule is O=C(Cc1csc(-c2ccccc2Cl)n1)Nc1nnc(C2CC2)s1. The molecule has 2 heterocycles. The number of nitrogens with zero attached hydrogens (tertiary/aromatic N) is 3. The van der Waals surface area contributed by atoms with Crippen LogP contribution in [0.4, 0.5) is 5.13 Å². The van der Waals surface area contributed by atoms with Crippen LogP contribution in [0.1, 0.15) is 29.5 Å². The summed E-state index contributed by atoms with van der Waals surface area (Å²) in [5.74, 6) is 0.411. The van der Waals surface area contributed by atoms with Gasteiger partial charge in [0.15, 0.2) is 0 Å². The molecule has 1 fully saturated rings. The third kappa shape index (κ3) is 3.48. The van der Waals surface area contributed by atoms with Gasteiger partial charge in [-0.2, -0.15) is 0 Å². The van der Waals surface area contributed by atoms with E-state index in [0.717, 1.165) is 21.3 Å². The Morgan fingerprint density at radius 2 is 2.12 bits per heavy atom. The van der Waals surface area contributed by atoms with Gasteiger partial charge in [0.25, 0.3) is 0 Å². The fraction of sp³-hybridized carbons (Fsp3) is 0.250. The minimum Gasteiger partial charge on any atom is -0.300 e. The van der Waals surface area contributed by atoms with E-state index in [1.165, 1.54) is 35.5 Å². The molecule has 2 aromatic heterocycles. The van der Waals surface area contributed by atoms with Crippen LogP contribution >= 0.6 is 34.3 Å². The molecule has 4 rings (SSSR count). The highest BCUT2D eigenvalue weighted by molar-refractivity contribution is 7.15. The second kappa shape index (κ2) is 6.58. The molecular formula is C16H13ClN4OS2. The molecular weight excluding hydrogens is 364 g/mol. The van der Waals surface area contributed by atoms with E-state index in [1.54, 1.807) is 0 Å². The van der Waals surface area contributed by atoms with Crippen molar-refractivity contribution >= 4 is 45.3 Å². The zero-order valence-corrected chi connectivity index (χ0v) is 14.9. The zero-order valence-electron chi connectivity index (χ0n) is 12.5. The van der Waals surface area contributed by atoms with E-state index in [1.807, 2.05) is 29.6 Å². The molecule has 0 saturated heterocycles. The molecule has 0 unspecified atom stereocenters. The summed E-state index contributed by atoms with van der Waals surface area (Å²) in [7, 11) is 0. The summed E-state index contributed by atoms with van der Waals surface area (Å²) in [6, 6.07) is 7.55. The summed E-state index contributed by atoms with van der Waals surface area (Å²) in [6.07, 6.45) is 2.55. The fourth-order valence-electron chi connectivity index (χ4n) is 2.25. The Labute approximate surface area is 151 Å². The first kappa shape index (κ1) is 15.7. The van der Waals surface area contributed by atoms with Crippen LogP contribution in [0.15, 0.2) is 29.6 Å². The van der Waals surface area contributed by atoms with E-state index >= 15 is 0 Å². The molecule has 0 spiro atoms. The summed E-state index contributed by atoms with van der Waals surface area (Å²) < 4.78 is 0. The summed E-state index contributed by atoms with van der Waals surface area (Å²) in [5, 5.41) is 15.9. The second-order valence-corrected chi connectivity index (χ2v) is 7.84. The lowest BCUT2D eigenvalue weighted by Crippen LogP contribution is -2.14. The van der Waals surface area contributed by atoms with Crippen LogP contribution < -0.4 is 5.32 Å². The van der Waals surface area contributed by atoms with Gasteiger partial charge in [0.2, 0.25) is 11.0 Å². The van der Waals surface area contributed by atoms with Crippen molar-refractivity contribution in [2.75, 3.05) is 5.32 Å². The van der Waals surface area contributed by atoms with Crippen LogP contribution in [0, 0.1) is 0 Å². The molecule has 1 saturated carbocycles. The number of nitrogens with one attached hydrogen (secondary N) is 1. The minimum atomic E-state index is -0.135. The van der Waals surface area contributed by atoms with Crippen molar-refractivity contribution in [1.82, 2.24) is 15.2 Å². The number of hydrogen-bond donors (Lipinski definition) is 1. The van der Waals surface area contributed by atoms with Crippen LogP contribution in [0.2, 0.25) is 5.02 Å². The highest BCUT2D eigenvalue weighted by Crippen LogP contribution is 2.42. The van der Waals surface area contributed by atoms with Gasteiger partial charge in [-0.15, -0.1) is 21.5 Å². The van der Waals surface area contributed by atoms with Gasteiger partial charge in [0.05, 0.1) is 17.1 Å². The van der Waals surface area contributed by atoms with Crippen molar-refractivity contribution in [2.24, 2.45) is 0 Å². The maximum absolute atomic E-state index is 12.2. The molecule has 1 amide bonds. The Kier molecular flexibility index (Phi) is 4.30. The number of benzene rings is 1. The number of carbonyl (C=O) groups excluding carboxylic acids is 1. The lowest BCUT2D eigenvalue weighted by atomic mass is 10.2. The highest BCUT2D eigenvalue weighted by Gasteiger charge is 2.27. The predicted molar refractivity (Wildman–Crippen MR) is 96.8 cm³/mol. The first-order chi connectivity index (χ1) is 11.7. The van der Waals surface area contributed by atoms with Gasteiger partial charge in [0, 0.05) is 16.9 Å². The largest absolute Gasteiger partial charge is 0.300 e. The molecule has 1 aliphatic rings. The van der Waals surface area contributed by atoms with Gasteiger partial charge < -0.3 is 5.32 Å². The standard InChI is InChI=1S/C16H13ClN4OS2/c17-12-4-2-1-3-11(12)15-18-10(8-23-15)7-13(22)19-16-21-20-14(24-16)9-5-6-9/h1-4,8-9H,5-7H2,(H,19,21,22). The van der Waals surface area contributed by atoms with E-state index in [4.69, 9.17) is 11.6 Å². The van der Waals surface area contributed by atoms with Gasteiger partial charge in [-0.3, -0.25) is 4.79 Å². The monoisotopic (exact) mass is 376 g/mol. The average molecular weight is 377 g/mol. The Balaban J connectivity index is 1.41. The Bertz CT molecular complexity index is 888. The van der Waals surface area contributed by atoms with E-state index in [-0.39, 0.29) is 12.3 Å². The number of hydrogen-bond acceptors (Lipinski definition) is 6. The van der Waals surface area contributed by atoms with Crippen LogP contribution in [0.3, 0.4) is 0 Å². The molecule has 122 valence electrons. The number of thiazole rings is 1. The molecule has 0 bridgehead atoms. The lowest BCUT2D eigenvalue weighted by Gasteiger charge is -1.99. The Hall–Kier alpha value is -1.83. The molecule has 24 heavy (non-hydrogen) atoms. The van der Waals surface area contributed by atoms with Gasteiger partial charge in [-0.25, -0.2) is 4.98 Å². The van der Waals surface area contributed by atoms with Crippen LogP contribution in [-0.2, 0) is 11.2 Å². The van der Waals surface area contributed by atoms with Crippen molar-refractivity contribution in [3.8, 4) is 10.6 Å². The normalized spacial score (nSPS) is 13.9. The van der Waals surface area contributed by atoms with Crippen molar-refractivity contribution in [3.05, 3.63) is 45.4 Å². The molecule has 1 aromatic carbocycles. The molecule has 0 radical (unpaired) electrons. The van der Waals surface area contributed by atoms with Crippen LogP contribution in [0.5, 0.6) is 0 Å². The lowest BCUT2D eigenvalue weighted by molar-refractivity contribution is -0.115. The summed E-state index contributed by atoms with van der Waals surface area (Å²) in [5.41, 5.74) is 1.60. The topological polar surface area (TPSA) is 67.8 Å². The van der Waals surface area contributed by atoms with Gasteiger partial charge >= 0.3 is 0 Å². The second-order valence-electron chi connectivity index (χ2n) is 5.57. The zero-order chi connectivity index (χ0) is 16.5. The molecule has 1 N–H and O–H groups in total. The third-order valence-electron chi connectivity index (χ3n) is 3.61. The number of aromatic nitrogens is 3. The molecule has 8 heteroatoms. The Morgan fingerprint density at radius 1 is 1.29 bits per heavy atom. The molecule has 0 atom stereocenters. The van der Waals surface area contributed by atoms with Crippen molar-refractivity contribution in [3.63, 3.8) is 0 Å². The first-order valence-electron chi connectivity index (χ1n) is 7.51. The predicted octanol–water partition coefficient (Wildman–Crippen LogP) is 4.37. The third-order valence-corrected chi connectivity index (χ3v) is 5.87. The van der Waals surface area contributed by atoms with Crippen molar-refractivity contribution < 1.29 is 4.79 Å². The van der Waals surface area contributed by atoms with Gasteiger partial charge in [0.1, 0.15) is 10.0 Å². The first-order valence-corrected chi connectivity index (χ1v) is 9.59. The number of carbonyl (C=O) groups is 1. The maximum Gasteiger partial charge on any atom is 0.232 e. The summed E-state index contributed by atoms with van der Waals surface area (Å²) >= 11 is 9.12.